The third-order valence-corrected chi connectivity index (χ3v) is 3.22. The minimum atomic E-state index is -1.10. The van der Waals surface area contributed by atoms with Gasteiger partial charge in [-0.05, 0) is 17.7 Å². The Morgan fingerprint density at radius 1 is 1.24 bits per heavy atom. The standard InChI is InChI=1S/C17H20N2O6/c1-11(20)18-13-7-5-12(6-8-13)10-19(23-4)15(21)9-14-16(22)25-17(2,3)24-14/h5-9H,10H2,1-4H3,(H,18,20)/b14-9+. The molecule has 1 aliphatic rings. The number of hydroxylamine groups is 2. The number of esters is 1. The zero-order chi connectivity index (χ0) is 18.6. The van der Waals surface area contributed by atoms with E-state index in [1.165, 1.54) is 14.0 Å². The summed E-state index contributed by atoms with van der Waals surface area (Å²) in [5, 5.41) is 3.73. The van der Waals surface area contributed by atoms with E-state index in [4.69, 9.17) is 14.3 Å². The lowest BCUT2D eigenvalue weighted by Crippen LogP contribution is -2.28. The molecule has 8 nitrogen and oxygen atoms in total. The molecule has 0 spiro atoms. The van der Waals surface area contributed by atoms with Crippen molar-refractivity contribution < 1.29 is 28.7 Å². The summed E-state index contributed by atoms with van der Waals surface area (Å²) in [6.45, 7) is 4.71. The molecule has 134 valence electrons. The van der Waals surface area contributed by atoms with Crippen LogP contribution in [0.5, 0.6) is 0 Å². The first-order valence-electron chi connectivity index (χ1n) is 7.56. The lowest BCUT2D eigenvalue weighted by molar-refractivity contribution is -0.173. The number of nitrogens with one attached hydrogen (secondary N) is 1. The third-order valence-electron chi connectivity index (χ3n) is 3.22. The molecule has 2 rings (SSSR count). The summed E-state index contributed by atoms with van der Waals surface area (Å²) in [7, 11) is 1.35. The topological polar surface area (TPSA) is 94.2 Å². The van der Waals surface area contributed by atoms with E-state index in [1.54, 1.807) is 38.1 Å². The number of rotatable bonds is 5. The van der Waals surface area contributed by atoms with Gasteiger partial charge in [-0.15, -0.1) is 0 Å². The second kappa shape index (κ2) is 7.35. The molecule has 8 heteroatoms. The third kappa shape index (κ3) is 5.05. The maximum atomic E-state index is 12.3. The fraction of sp³-hybridized carbons (Fsp3) is 0.353. The van der Waals surface area contributed by atoms with Gasteiger partial charge in [0.25, 0.3) is 5.91 Å². The van der Waals surface area contributed by atoms with Gasteiger partial charge in [0.05, 0.1) is 19.7 Å². The van der Waals surface area contributed by atoms with Gasteiger partial charge in [0.15, 0.2) is 0 Å². The van der Waals surface area contributed by atoms with Crippen LogP contribution in [0.4, 0.5) is 5.69 Å². The molecular weight excluding hydrogens is 328 g/mol. The lowest BCUT2D eigenvalue weighted by Gasteiger charge is -2.18. The number of nitrogens with zero attached hydrogens (tertiary/aromatic N) is 1. The fourth-order valence-electron chi connectivity index (χ4n) is 2.17. The van der Waals surface area contributed by atoms with Gasteiger partial charge < -0.3 is 14.8 Å². The molecule has 0 bridgehead atoms. The first-order valence-corrected chi connectivity index (χ1v) is 7.56. The number of carbonyl (C=O) groups excluding carboxylic acids is 3. The average Bonchev–Trinajstić information content (AvgIpc) is 2.77. The van der Waals surface area contributed by atoms with Gasteiger partial charge in [-0.1, -0.05) is 12.1 Å². The van der Waals surface area contributed by atoms with Gasteiger partial charge in [-0.2, -0.15) is 0 Å². The molecule has 0 unspecified atom stereocenters. The minimum absolute atomic E-state index is 0.151. The molecule has 1 aromatic carbocycles. The number of amides is 2. The molecule has 25 heavy (non-hydrogen) atoms. The number of hydrogen-bond donors (Lipinski definition) is 1. The smallest absolute Gasteiger partial charge is 0.377 e. The number of anilines is 1. The Bertz CT molecular complexity index is 708. The average molecular weight is 348 g/mol. The van der Waals surface area contributed by atoms with Crippen LogP contribution in [-0.4, -0.2) is 35.7 Å². The molecule has 1 saturated heterocycles. The van der Waals surface area contributed by atoms with Crippen LogP contribution in [0, 0.1) is 0 Å². The first kappa shape index (κ1) is 18.5. The van der Waals surface area contributed by atoms with Gasteiger partial charge in [-0.3, -0.25) is 14.4 Å². The van der Waals surface area contributed by atoms with Crippen LogP contribution in [0.1, 0.15) is 26.3 Å². The summed E-state index contributed by atoms with van der Waals surface area (Å²) in [6.07, 6.45) is 1.03. The molecule has 0 atom stereocenters. The van der Waals surface area contributed by atoms with Crippen LogP contribution in [0.15, 0.2) is 36.1 Å². The number of cyclic esters (lactones) is 1. The SMILES string of the molecule is CON(Cc1ccc(NC(C)=O)cc1)C(=O)/C=C1/OC(C)(C)OC1=O. The predicted octanol–water partition coefficient (Wildman–Crippen LogP) is 1.73. The highest BCUT2D eigenvalue weighted by atomic mass is 16.8. The molecule has 1 fully saturated rings. The van der Waals surface area contributed by atoms with E-state index >= 15 is 0 Å². The lowest BCUT2D eigenvalue weighted by atomic mass is 10.2. The van der Waals surface area contributed by atoms with Crippen molar-refractivity contribution in [2.24, 2.45) is 0 Å². The summed E-state index contributed by atoms with van der Waals surface area (Å²) >= 11 is 0. The molecule has 0 aliphatic carbocycles. The largest absolute Gasteiger partial charge is 0.445 e. The predicted molar refractivity (Wildman–Crippen MR) is 87.6 cm³/mol. The Kier molecular flexibility index (Phi) is 5.43. The van der Waals surface area contributed by atoms with Gasteiger partial charge in [0.2, 0.25) is 17.5 Å². The fourth-order valence-corrected chi connectivity index (χ4v) is 2.17. The van der Waals surface area contributed by atoms with Crippen molar-refractivity contribution in [3.8, 4) is 0 Å². The van der Waals surface area contributed by atoms with Gasteiger partial charge in [0.1, 0.15) is 0 Å². The molecule has 0 aromatic heterocycles. The van der Waals surface area contributed by atoms with Gasteiger partial charge in [-0.25, -0.2) is 9.86 Å². The van der Waals surface area contributed by atoms with E-state index in [2.05, 4.69) is 5.32 Å². The zero-order valence-corrected chi connectivity index (χ0v) is 14.5. The highest BCUT2D eigenvalue weighted by molar-refractivity contribution is 5.97. The summed E-state index contributed by atoms with van der Waals surface area (Å²) in [4.78, 5) is 40.0. The second-order valence-electron chi connectivity index (χ2n) is 5.84. The normalized spacial score (nSPS) is 17.0. The van der Waals surface area contributed by atoms with E-state index in [0.717, 1.165) is 16.7 Å². The van der Waals surface area contributed by atoms with Crippen LogP contribution in [0.3, 0.4) is 0 Å². The van der Waals surface area contributed by atoms with Crippen LogP contribution < -0.4 is 5.32 Å². The van der Waals surface area contributed by atoms with Crippen LogP contribution >= 0.6 is 0 Å². The van der Waals surface area contributed by atoms with E-state index in [9.17, 15) is 14.4 Å². The summed E-state index contributed by atoms with van der Waals surface area (Å²) in [6, 6.07) is 6.93. The summed E-state index contributed by atoms with van der Waals surface area (Å²) < 4.78 is 10.2. The number of benzene rings is 1. The Labute approximate surface area is 145 Å². The molecule has 1 N–H and O–H groups in total. The molecule has 2 amide bonds. The Morgan fingerprint density at radius 3 is 2.36 bits per heavy atom. The van der Waals surface area contributed by atoms with Crippen molar-refractivity contribution in [3.63, 3.8) is 0 Å². The molecule has 1 aromatic rings. The van der Waals surface area contributed by atoms with Crippen LogP contribution in [-0.2, 0) is 35.2 Å². The number of ether oxygens (including phenoxy) is 2. The highest BCUT2D eigenvalue weighted by Gasteiger charge is 2.38. The van der Waals surface area contributed by atoms with Gasteiger partial charge >= 0.3 is 5.97 Å². The molecule has 1 heterocycles. The van der Waals surface area contributed by atoms with Gasteiger partial charge in [0, 0.05) is 26.5 Å². The van der Waals surface area contributed by atoms with Crippen molar-refractivity contribution >= 4 is 23.5 Å². The molecule has 0 radical (unpaired) electrons. The van der Waals surface area contributed by atoms with Crippen molar-refractivity contribution in [3.05, 3.63) is 41.7 Å². The maximum Gasteiger partial charge on any atom is 0.377 e. The second-order valence-corrected chi connectivity index (χ2v) is 5.84. The van der Waals surface area contributed by atoms with Crippen LogP contribution in [0.2, 0.25) is 0 Å². The number of hydrogen-bond acceptors (Lipinski definition) is 6. The van der Waals surface area contributed by atoms with E-state index in [0.29, 0.717) is 5.69 Å². The van der Waals surface area contributed by atoms with E-state index in [-0.39, 0.29) is 18.2 Å². The monoisotopic (exact) mass is 348 g/mol. The van der Waals surface area contributed by atoms with Crippen molar-refractivity contribution in [1.29, 1.82) is 0 Å². The van der Waals surface area contributed by atoms with E-state index < -0.39 is 17.7 Å². The summed E-state index contributed by atoms with van der Waals surface area (Å²) in [5.74, 6) is -2.69. The minimum Gasteiger partial charge on any atom is -0.445 e. The number of carbonyl (C=O) groups is 3. The molecule has 1 aliphatic heterocycles. The van der Waals surface area contributed by atoms with Crippen molar-refractivity contribution in [2.45, 2.75) is 33.1 Å². The zero-order valence-electron chi connectivity index (χ0n) is 14.5. The van der Waals surface area contributed by atoms with Crippen LogP contribution in [0.25, 0.3) is 0 Å². The highest BCUT2D eigenvalue weighted by Crippen LogP contribution is 2.26. The Hall–Kier alpha value is -2.87. The van der Waals surface area contributed by atoms with E-state index in [1.807, 2.05) is 0 Å². The van der Waals surface area contributed by atoms with Crippen molar-refractivity contribution in [1.82, 2.24) is 5.06 Å². The maximum absolute atomic E-state index is 12.3. The molecule has 0 saturated carbocycles. The Morgan fingerprint density at radius 2 is 1.88 bits per heavy atom. The van der Waals surface area contributed by atoms with Crippen molar-refractivity contribution in [2.75, 3.05) is 12.4 Å². The quantitative estimate of drug-likeness (QED) is 0.495. The first-order chi connectivity index (χ1) is 11.7. The molecular formula is C17H20N2O6. The Balaban J connectivity index is 2.05. The summed E-state index contributed by atoms with van der Waals surface area (Å²) in [5.41, 5.74) is 1.43.